The van der Waals surface area contributed by atoms with Gasteiger partial charge >= 0.3 is 0 Å². The molecule has 0 aromatic heterocycles. The number of benzene rings is 1. The maximum absolute atomic E-state index is 12.2. The highest BCUT2D eigenvalue weighted by atomic mass is 16.2. The average molecular weight is 290 g/mol. The summed E-state index contributed by atoms with van der Waals surface area (Å²) in [7, 11) is 0. The Bertz CT molecular complexity index is 462. The molecule has 1 aromatic carbocycles. The van der Waals surface area contributed by atoms with Crippen LogP contribution in [-0.2, 0) is 11.2 Å². The van der Waals surface area contributed by atoms with Crippen LogP contribution >= 0.6 is 0 Å². The van der Waals surface area contributed by atoms with E-state index in [1.54, 1.807) is 0 Å². The molecule has 2 rings (SSSR count). The molecule has 1 fully saturated rings. The highest BCUT2D eigenvalue weighted by molar-refractivity contribution is 5.91. The number of carbonyl (C=O) groups excluding carboxylic acids is 1. The smallest absolute Gasteiger partial charge is 0.225 e. The van der Waals surface area contributed by atoms with Crippen molar-refractivity contribution in [3.63, 3.8) is 0 Å². The second kappa shape index (κ2) is 8.15. The van der Waals surface area contributed by atoms with Crippen LogP contribution in [0.2, 0.25) is 0 Å². The molecule has 0 radical (unpaired) electrons. The van der Waals surface area contributed by atoms with E-state index in [1.165, 1.54) is 12.8 Å². The molecule has 1 saturated heterocycles. The molecule has 21 heavy (non-hydrogen) atoms. The number of piperidine rings is 1. The molecular formula is C17H26N2O2. The molecule has 0 saturated carbocycles. The molecule has 1 aliphatic heterocycles. The molecule has 4 heteroatoms. The Morgan fingerprint density at radius 1 is 1.48 bits per heavy atom. The maximum Gasteiger partial charge on any atom is 0.225 e. The summed E-state index contributed by atoms with van der Waals surface area (Å²) in [6.07, 6.45) is 4.51. The largest absolute Gasteiger partial charge is 0.396 e. The molecule has 4 nitrogen and oxygen atoms in total. The highest BCUT2D eigenvalue weighted by Gasteiger charge is 2.23. The number of anilines is 1. The van der Waals surface area contributed by atoms with Gasteiger partial charge in [-0.25, -0.2) is 0 Å². The van der Waals surface area contributed by atoms with Gasteiger partial charge in [-0.2, -0.15) is 0 Å². The molecular weight excluding hydrogens is 264 g/mol. The summed E-state index contributed by atoms with van der Waals surface area (Å²) in [5, 5.41) is 15.3. The number of aliphatic hydroxyl groups is 1. The van der Waals surface area contributed by atoms with Crippen LogP contribution in [-0.4, -0.2) is 30.2 Å². The second-order valence-electron chi connectivity index (χ2n) is 5.96. The minimum absolute atomic E-state index is 0.0700. The molecule has 1 aliphatic rings. The van der Waals surface area contributed by atoms with Crippen molar-refractivity contribution in [3.05, 3.63) is 29.8 Å². The van der Waals surface area contributed by atoms with Gasteiger partial charge in [-0.05, 0) is 55.8 Å². The summed E-state index contributed by atoms with van der Waals surface area (Å²) >= 11 is 0. The van der Waals surface area contributed by atoms with Gasteiger partial charge in [-0.3, -0.25) is 4.79 Å². The van der Waals surface area contributed by atoms with E-state index >= 15 is 0 Å². The quantitative estimate of drug-likeness (QED) is 0.753. The number of carbonyl (C=O) groups is 1. The van der Waals surface area contributed by atoms with Crippen LogP contribution in [0.3, 0.4) is 0 Å². The van der Waals surface area contributed by atoms with Gasteiger partial charge in [0.15, 0.2) is 0 Å². The van der Waals surface area contributed by atoms with Gasteiger partial charge in [0, 0.05) is 24.8 Å². The number of aliphatic hydroxyl groups excluding tert-OH is 1. The fourth-order valence-corrected chi connectivity index (χ4v) is 2.89. The van der Waals surface area contributed by atoms with E-state index < -0.39 is 0 Å². The molecule has 1 heterocycles. The highest BCUT2D eigenvalue weighted by Crippen LogP contribution is 2.19. The molecule has 0 aliphatic carbocycles. The third-order valence-electron chi connectivity index (χ3n) is 4.17. The summed E-state index contributed by atoms with van der Waals surface area (Å²) in [6.45, 7) is 3.42. The minimum atomic E-state index is 0.0700. The Morgan fingerprint density at radius 3 is 3.10 bits per heavy atom. The van der Waals surface area contributed by atoms with Gasteiger partial charge in [-0.15, -0.1) is 0 Å². The van der Waals surface area contributed by atoms with E-state index in [0.717, 1.165) is 30.6 Å². The lowest BCUT2D eigenvalue weighted by Gasteiger charge is -2.29. The van der Waals surface area contributed by atoms with Gasteiger partial charge < -0.3 is 15.7 Å². The third kappa shape index (κ3) is 5.14. The second-order valence-corrected chi connectivity index (χ2v) is 5.96. The average Bonchev–Trinajstić information content (AvgIpc) is 2.48. The van der Waals surface area contributed by atoms with Crippen LogP contribution in [0.1, 0.15) is 38.2 Å². The SMILES string of the molecule is CC1CCCNC1CC(=O)Nc1cccc(CCCO)c1. The molecule has 1 amide bonds. The van der Waals surface area contributed by atoms with Crippen LogP contribution in [0.4, 0.5) is 5.69 Å². The normalized spacial score (nSPS) is 22.0. The predicted octanol–water partition coefficient (Wildman–Crippen LogP) is 2.33. The lowest BCUT2D eigenvalue weighted by molar-refractivity contribution is -0.117. The number of aryl methyl sites for hydroxylation is 1. The fraction of sp³-hybridized carbons (Fsp3) is 0.588. The minimum Gasteiger partial charge on any atom is -0.396 e. The Morgan fingerprint density at radius 2 is 2.33 bits per heavy atom. The van der Waals surface area contributed by atoms with Crippen molar-refractivity contribution in [2.75, 3.05) is 18.5 Å². The summed E-state index contributed by atoms with van der Waals surface area (Å²) in [6, 6.07) is 8.17. The zero-order chi connectivity index (χ0) is 15.1. The number of hydrogen-bond acceptors (Lipinski definition) is 3. The molecule has 0 spiro atoms. The van der Waals surface area contributed by atoms with E-state index in [9.17, 15) is 4.79 Å². The van der Waals surface area contributed by atoms with Gasteiger partial charge in [-0.1, -0.05) is 19.1 Å². The number of hydrogen-bond donors (Lipinski definition) is 3. The van der Waals surface area contributed by atoms with Crippen LogP contribution in [0.5, 0.6) is 0 Å². The summed E-state index contributed by atoms with van der Waals surface area (Å²) in [5.74, 6) is 0.626. The summed E-state index contributed by atoms with van der Waals surface area (Å²) in [5.41, 5.74) is 1.99. The van der Waals surface area contributed by atoms with Crippen LogP contribution in [0.25, 0.3) is 0 Å². The van der Waals surface area contributed by atoms with E-state index in [0.29, 0.717) is 12.3 Å². The Kier molecular flexibility index (Phi) is 6.21. The van der Waals surface area contributed by atoms with Crippen LogP contribution < -0.4 is 10.6 Å². The third-order valence-corrected chi connectivity index (χ3v) is 4.17. The first kappa shape index (κ1) is 16.0. The summed E-state index contributed by atoms with van der Waals surface area (Å²) in [4.78, 5) is 12.2. The Balaban J connectivity index is 1.87. The van der Waals surface area contributed by atoms with Crippen molar-refractivity contribution >= 4 is 11.6 Å². The lowest BCUT2D eigenvalue weighted by atomic mass is 9.90. The van der Waals surface area contributed by atoms with Crippen molar-refractivity contribution in [3.8, 4) is 0 Å². The zero-order valence-electron chi connectivity index (χ0n) is 12.8. The van der Waals surface area contributed by atoms with Crippen molar-refractivity contribution in [2.45, 2.75) is 45.1 Å². The number of rotatable bonds is 6. The fourth-order valence-electron chi connectivity index (χ4n) is 2.89. The van der Waals surface area contributed by atoms with Gasteiger partial charge in [0.2, 0.25) is 5.91 Å². The van der Waals surface area contributed by atoms with Gasteiger partial charge in [0.1, 0.15) is 0 Å². The molecule has 0 bridgehead atoms. The molecule has 2 atom stereocenters. The monoisotopic (exact) mass is 290 g/mol. The molecule has 2 unspecified atom stereocenters. The molecule has 3 N–H and O–H groups in total. The van der Waals surface area contributed by atoms with Crippen molar-refractivity contribution in [1.82, 2.24) is 5.32 Å². The van der Waals surface area contributed by atoms with Crippen molar-refractivity contribution in [2.24, 2.45) is 5.92 Å². The lowest BCUT2D eigenvalue weighted by Crippen LogP contribution is -2.42. The van der Waals surface area contributed by atoms with E-state index in [-0.39, 0.29) is 18.6 Å². The first-order valence-corrected chi connectivity index (χ1v) is 7.92. The molecule has 1 aromatic rings. The number of amides is 1. The van der Waals surface area contributed by atoms with Crippen molar-refractivity contribution < 1.29 is 9.90 Å². The van der Waals surface area contributed by atoms with Crippen LogP contribution in [0, 0.1) is 5.92 Å². The Hall–Kier alpha value is -1.39. The molecule has 116 valence electrons. The Labute approximate surface area is 126 Å². The maximum atomic E-state index is 12.2. The topological polar surface area (TPSA) is 61.4 Å². The van der Waals surface area contributed by atoms with E-state index in [1.807, 2.05) is 24.3 Å². The predicted molar refractivity (Wildman–Crippen MR) is 85.3 cm³/mol. The van der Waals surface area contributed by atoms with E-state index in [2.05, 4.69) is 17.6 Å². The first-order chi connectivity index (χ1) is 10.2. The van der Waals surface area contributed by atoms with Gasteiger partial charge in [0.05, 0.1) is 0 Å². The van der Waals surface area contributed by atoms with Crippen LogP contribution in [0.15, 0.2) is 24.3 Å². The van der Waals surface area contributed by atoms with Crippen molar-refractivity contribution in [1.29, 1.82) is 0 Å². The number of nitrogens with one attached hydrogen (secondary N) is 2. The standard InChI is InChI=1S/C17H26N2O2/c1-13-5-3-9-18-16(13)12-17(21)19-15-8-2-6-14(11-15)7-4-10-20/h2,6,8,11,13,16,18,20H,3-5,7,9-10,12H2,1H3,(H,19,21). The van der Waals surface area contributed by atoms with E-state index in [4.69, 9.17) is 5.11 Å². The van der Waals surface area contributed by atoms with Gasteiger partial charge in [0.25, 0.3) is 0 Å². The zero-order valence-corrected chi connectivity index (χ0v) is 12.8. The summed E-state index contributed by atoms with van der Waals surface area (Å²) < 4.78 is 0. The first-order valence-electron chi connectivity index (χ1n) is 7.92.